The summed E-state index contributed by atoms with van der Waals surface area (Å²) in [5.41, 5.74) is -0.860. The van der Waals surface area contributed by atoms with Crippen LogP contribution in [0.3, 0.4) is 0 Å². The van der Waals surface area contributed by atoms with E-state index in [-0.39, 0.29) is 23.0 Å². The van der Waals surface area contributed by atoms with Gasteiger partial charge in [0.15, 0.2) is 0 Å². The van der Waals surface area contributed by atoms with Crippen molar-refractivity contribution in [1.82, 2.24) is 9.62 Å². The molecule has 4 rings (SSSR count). The molecule has 154 valence electrons. The number of nitrogens with one attached hydrogen (secondary N) is 1. The number of hydrogen-bond donors (Lipinski definition) is 1. The predicted octanol–water partition coefficient (Wildman–Crippen LogP) is 3.10. The standard InChI is InChI=1S/C21H36N2O3S/c1-20(2)16-10-11-21(20,19(24)13-16)15-27(25,26)22-17-7-6-12-23(14-17)18-8-4-3-5-9-18/h16-18,22H,3-15H2,1-2H3. The van der Waals surface area contributed by atoms with E-state index in [0.717, 1.165) is 38.8 Å². The smallest absolute Gasteiger partial charge is 0.212 e. The van der Waals surface area contributed by atoms with Crippen molar-refractivity contribution in [2.24, 2.45) is 16.7 Å². The van der Waals surface area contributed by atoms with Crippen molar-refractivity contribution in [2.45, 2.75) is 90.1 Å². The highest BCUT2D eigenvalue weighted by molar-refractivity contribution is 7.89. The fourth-order valence-corrected chi connectivity index (χ4v) is 8.72. The van der Waals surface area contributed by atoms with Gasteiger partial charge in [0.05, 0.1) is 5.75 Å². The van der Waals surface area contributed by atoms with Crippen LogP contribution >= 0.6 is 0 Å². The van der Waals surface area contributed by atoms with E-state index in [1.54, 1.807) is 0 Å². The molecule has 4 aliphatic rings. The van der Waals surface area contributed by atoms with Crippen LogP contribution in [0.1, 0.15) is 78.1 Å². The van der Waals surface area contributed by atoms with Crippen LogP contribution in [0.5, 0.6) is 0 Å². The lowest BCUT2D eigenvalue weighted by Crippen LogP contribution is -2.53. The van der Waals surface area contributed by atoms with Gasteiger partial charge in [-0.25, -0.2) is 13.1 Å². The topological polar surface area (TPSA) is 66.5 Å². The highest BCUT2D eigenvalue weighted by atomic mass is 32.2. The van der Waals surface area contributed by atoms with Gasteiger partial charge in [-0.2, -0.15) is 0 Å². The molecule has 0 aromatic carbocycles. The SMILES string of the molecule is CC1(C)C2CCC1(CS(=O)(=O)NC1CCCN(C3CCCCC3)C1)C(=O)C2. The van der Waals surface area contributed by atoms with Crippen LogP contribution in [0, 0.1) is 16.7 Å². The number of hydrogen-bond acceptors (Lipinski definition) is 4. The number of nitrogens with zero attached hydrogens (tertiary/aromatic N) is 1. The monoisotopic (exact) mass is 396 g/mol. The van der Waals surface area contributed by atoms with E-state index in [9.17, 15) is 13.2 Å². The van der Waals surface area contributed by atoms with Gasteiger partial charge in [-0.1, -0.05) is 33.1 Å². The number of likely N-dealkylation sites (tertiary alicyclic amines) is 1. The zero-order valence-electron chi connectivity index (χ0n) is 17.0. The minimum atomic E-state index is -3.46. The normalized spacial score (nSPS) is 37.8. The number of rotatable bonds is 5. The summed E-state index contributed by atoms with van der Waals surface area (Å²) >= 11 is 0. The first-order valence-corrected chi connectivity index (χ1v) is 12.7. The van der Waals surface area contributed by atoms with Gasteiger partial charge in [0.1, 0.15) is 5.78 Å². The van der Waals surface area contributed by atoms with E-state index in [1.807, 2.05) is 0 Å². The highest BCUT2D eigenvalue weighted by Gasteiger charge is 2.65. The van der Waals surface area contributed by atoms with Gasteiger partial charge in [0, 0.05) is 30.5 Å². The van der Waals surface area contributed by atoms with Crippen LogP contribution in [-0.4, -0.2) is 50.0 Å². The molecule has 0 aromatic heterocycles. The molecule has 4 fully saturated rings. The molecule has 0 radical (unpaired) electrons. The van der Waals surface area contributed by atoms with Crippen molar-refractivity contribution in [3.8, 4) is 0 Å². The fraction of sp³-hybridized carbons (Fsp3) is 0.952. The summed E-state index contributed by atoms with van der Waals surface area (Å²) in [6.45, 7) is 6.14. The molecule has 1 heterocycles. The first-order valence-electron chi connectivity index (χ1n) is 11.0. The molecule has 1 aliphatic heterocycles. The lowest BCUT2D eigenvalue weighted by molar-refractivity contribution is -0.128. The predicted molar refractivity (Wildman–Crippen MR) is 107 cm³/mol. The maximum absolute atomic E-state index is 13.1. The molecule has 3 unspecified atom stereocenters. The number of carbonyl (C=O) groups excluding carboxylic acids is 1. The second-order valence-electron chi connectivity index (χ2n) is 10.2. The third-order valence-electron chi connectivity index (χ3n) is 8.47. The summed E-state index contributed by atoms with van der Waals surface area (Å²) in [7, 11) is -3.46. The summed E-state index contributed by atoms with van der Waals surface area (Å²) in [6, 6.07) is 0.634. The summed E-state index contributed by atoms with van der Waals surface area (Å²) in [5, 5.41) is 0. The number of sulfonamides is 1. The van der Waals surface area contributed by atoms with Crippen molar-refractivity contribution < 1.29 is 13.2 Å². The number of carbonyl (C=O) groups is 1. The minimum absolute atomic E-state index is 0.00102. The Balaban J connectivity index is 1.42. The van der Waals surface area contributed by atoms with Gasteiger partial charge in [-0.05, 0) is 56.4 Å². The number of fused-ring (bicyclic) bond motifs is 2. The number of ketones is 1. The lowest BCUT2D eigenvalue weighted by Gasteiger charge is -2.41. The Morgan fingerprint density at radius 2 is 1.81 bits per heavy atom. The summed E-state index contributed by atoms with van der Waals surface area (Å²) < 4.78 is 29.1. The van der Waals surface area contributed by atoms with Crippen molar-refractivity contribution in [2.75, 3.05) is 18.8 Å². The van der Waals surface area contributed by atoms with E-state index in [0.29, 0.717) is 18.4 Å². The Kier molecular flexibility index (Phi) is 5.22. The molecule has 5 nitrogen and oxygen atoms in total. The first-order chi connectivity index (χ1) is 12.7. The van der Waals surface area contributed by atoms with E-state index in [1.165, 1.54) is 32.1 Å². The van der Waals surface area contributed by atoms with Gasteiger partial charge >= 0.3 is 0 Å². The molecular formula is C21H36N2O3S. The molecule has 3 aliphatic carbocycles. The van der Waals surface area contributed by atoms with Gasteiger partial charge in [-0.15, -0.1) is 0 Å². The molecule has 0 spiro atoms. The van der Waals surface area contributed by atoms with Gasteiger partial charge in [-0.3, -0.25) is 9.69 Å². The third-order valence-corrected chi connectivity index (χ3v) is 10.0. The Morgan fingerprint density at radius 1 is 1.07 bits per heavy atom. The molecule has 3 saturated carbocycles. The number of Topliss-reactive ketones (excluding diaryl/α,β-unsaturated/α-hetero) is 1. The van der Waals surface area contributed by atoms with Crippen molar-refractivity contribution >= 4 is 15.8 Å². The second kappa shape index (κ2) is 7.10. The second-order valence-corrected chi connectivity index (χ2v) is 11.9. The molecule has 3 atom stereocenters. The molecule has 1 N–H and O–H groups in total. The summed E-state index contributed by atoms with van der Waals surface area (Å²) in [6.07, 6.45) is 10.7. The van der Waals surface area contributed by atoms with Crippen LogP contribution in [0.2, 0.25) is 0 Å². The molecule has 0 amide bonds. The lowest BCUT2D eigenvalue weighted by atomic mass is 9.70. The third kappa shape index (κ3) is 3.51. The van der Waals surface area contributed by atoms with Crippen LogP contribution < -0.4 is 4.72 Å². The molecular weight excluding hydrogens is 360 g/mol. The Morgan fingerprint density at radius 3 is 2.44 bits per heavy atom. The van der Waals surface area contributed by atoms with E-state index in [2.05, 4.69) is 23.5 Å². The minimum Gasteiger partial charge on any atom is -0.299 e. The maximum Gasteiger partial charge on any atom is 0.212 e. The number of piperidine rings is 1. The molecule has 2 bridgehead atoms. The average molecular weight is 397 g/mol. The summed E-state index contributed by atoms with van der Waals surface area (Å²) in [5.74, 6) is 0.528. The molecule has 27 heavy (non-hydrogen) atoms. The Bertz CT molecular complexity index is 684. The van der Waals surface area contributed by atoms with Crippen LogP contribution in [0.4, 0.5) is 0 Å². The van der Waals surface area contributed by atoms with Crippen LogP contribution in [0.25, 0.3) is 0 Å². The van der Waals surface area contributed by atoms with E-state index in [4.69, 9.17) is 0 Å². The van der Waals surface area contributed by atoms with Crippen molar-refractivity contribution in [1.29, 1.82) is 0 Å². The molecule has 1 saturated heterocycles. The van der Waals surface area contributed by atoms with Crippen LogP contribution in [0.15, 0.2) is 0 Å². The fourth-order valence-electron chi connectivity index (χ4n) is 6.61. The zero-order chi connectivity index (χ0) is 19.3. The highest BCUT2D eigenvalue weighted by Crippen LogP contribution is 2.64. The van der Waals surface area contributed by atoms with Crippen molar-refractivity contribution in [3.63, 3.8) is 0 Å². The van der Waals surface area contributed by atoms with Crippen molar-refractivity contribution in [3.05, 3.63) is 0 Å². The largest absolute Gasteiger partial charge is 0.299 e. The first kappa shape index (κ1) is 19.8. The van der Waals surface area contributed by atoms with E-state index >= 15 is 0 Å². The summed E-state index contributed by atoms with van der Waals surface area (Å²) in [4.78, 5) is 15.2. The van der Waals surface area contributed by atoms with Gasteiger partial charge in [0.25, 0.3) is 0 Å². The van der Waals surface area contributed by atoms with Crippen LogP contribution in [-0.2, 0) is 14.8 Å². The van der Waals surface area contributed by atoms with Gasteiger partial charge < -0.3 is 0 Å². The maximum atomic E-state index is 13.1. The quantitative estimate of drug-likeness (QED) is 0.775. The van der Waals surface area contributed by atoms with E-state index < -0.39 is 15.4 Å². The zero-order valence-corrected chi connectivity index (χ0v) is 17.8. The van der Waals surface area contributed by atoms with Gasteiger partial charge in [0.2, 0.25) is 10.0 Å². The molecule has 6 heteroatoms. The Hall–Kier alpha value is -0.460. The Labute approximate surface area is 164 Å². The molecule has 0 aromatic rings. The average Bonchev–Trinajstić information content (AvgIpc) is 2.96.